The highest BCUT2D eigenvalue weighted by Gasteiger charge is 2.40. The van der Waals surface area contributed by atoms with E-state index in [2.05, 4.69) is 5.32 Å². The van der Waals surface area contributed by atoms with Gasteiger partial charge in [0.1, 0.15) is 11.8 Å². The minimum Gasteiger partial charge on any atom is -0.494 e. The van der Waals surface area contributed by atoms with Crippen LogP contribution in [0.5, 0.6) is 17.2 Å². The average Bonchev–Trinajstić information content (AvgIpc) is 3.16. The third-order valence-corrected chi connectivity index (χ3v) is 6.05. The van der Waals surface area contributed by atoms with Gasteiger partial charge in [-0.1, -0.05) is 36.4 Å². The summed E-state index contributed by atoms with van der Waals surface area (Å²) < 4.78 is 16.2. The van der Waals surface area contributed by atoms with E-state index >= 15 is 0 Å². The number of methoxy groups -OCH3 is 2. The Morgan fingerprint density at radius 1 is 0.943 bits per heavy atom. The van der Waals surface area contributed by atoms with Crippen LogP contribution in [0.1, 0.15) is 40.0 Å². The first-order valence-electron chi connectivity index (χ1n) is 11.7. The van der Waals surface area contributed by atoms with Crippen LogP contribution in [0.3, 0.4) is 0 Å². The third-order valence-electron chi connectivity index (χ3n) is 6.05. The van der Waals surface area contributed by atoms with Crippen molar-refractivity contribution in [1.29, 1.82) is 0 Å². The van der Waals surface area contributed by atoms with Crippen molar-refractivity contribution in [3.05, 3.63) is 89.0 Å². The first kappa shape index (κ1) is 24.1. The summed E-state index contributed by atoms with van der Waals surface area (Å²) in [4.78, 5) is 28.2. The van der Waals surface area contributed by atoms with Crippen LogP contribution in [0.25, 0.3) is 0 Å². The van der Waals surface area contributed by atoms with Crippen molar-refractivity contribution in [2.75, 3.05) is 27.4 Å². The lowest BCUT2D eigenvalue weighted by molar-refractivity contribution is -0.125. The molecule has 0 aliphatic carbocycles. The smallest absolute Gasteiger partial charge is 0.255 e. The molecule has 7 heteroatoms. The monoisotopic (exact) mass is 474 g/mol. The highest BCUT2D eigenvalue weighted by atomic mass is 16.5. The van der Waals surface area contributed by atoms with Crippen LogP contribution >= 0.6 is 0 Å². The van der Waals surface area contributed by atoms with Crippen molar-refractivity contribution >= 4 is 11.8 Å². The number of nitrogens with zero attached hydrogens (tertiary/aromatic N) is 1. The van der Waals surface area contributed by atoms with Gasteiger partial charge in [0, 0.05) is 18.7 Å². The van der Waals surface area contributed by atoms with Crippen LogP contribution in [0.15, 0.2) is 66.7 Å². The standard InChI is InChI=1S/C28H30N2O5/c1-4-35-21-12-9-20(10-13-21)18-30-26(22-7-5-6-8-23(22)28(30)32)27(31)29-16-15-19-11-14-24(33-2)25(17-19)34-3/h5-14,17,26H,4,15-16,18H2,1-3H3,(H,29,31)/t26-/m1/s1. The largest absolute Gasteiger partial charge is 0.494 e. The fraction of sp³-hybridized carbons (Fsp3) is 0.286. The first-order chi connectivity index (χ1) is 17.0. The quantitative estimate of drug-likeness (QED) is 0.478. The minimum atomic E-state index is -0.685. The number of benzene rings is 3. The summed E-state index contributed by atoms with van der Waals surface area (Å²) >= 11 is 0. The predicted octanol–water partition coefficient (Wildman–Crippen LogP) is 4.16. The summed E-state index contributed by atoms with van der Waals surface area (Å²) in [6.07, 6.45) is 0.618. The molecule has 1 aliphatic rings. The number of amides is 2. The zero-order valence-corrected chi connectivity index (χ0v) is 20.2. The molecular formula is C28H30N2O5. The normalized spacial score (nSPS) is 14.4. The van der Waals surface area contributed by atoms with Crippen LogP contribution in [0, 0.1) is 0 Å². The van der Waals surface area contributed by atoms with Crippen molar-refractivity contribution in [1.82, 2.24) is 10.2 Å². The molecule has 182 valence electrons. The Morgan fingerprint density at radius 2 is 1.66 bits per heavy atom. The Morgan fingerprint density at radius 3 is 2.37 bits per heavy atom. The number of hydrogen-bond acceptors (Lipinski definition) is 5. The second-order valence-electron chi connectivity index (χ2n) is 8.23. The number of carbonyl (C=O) groups is 2. The third kappa shape index (κ3) is 5.24. The molecule has 0 unspecified atom stereocenters. The maximum absolute atomic E-state index is 13.3. The molecular weight excluding hydrogens is 444 g/mol. The van der Waals surface area contributed by atoms with Crippen molar-refractivity contribution < 1.29 is 23.8 Å². The van der Waals surface area contributed by atoms with Gasteiger partial charge in [-0.15, -0.1) is 0 Å². The number of hydrogen-bond donors (Lipinski definition) is 1. The zero-order chi connectivity index (χ0) is 24.8. The summed E-state index contributed by atoms with van der Waals surface area (Å²) in [6, 6.07) is 19.9. The average molecular weight is 475 g/mol. The van der Waals surface area contributed by atoms with Crippen LogP contribution in [-0.2, 0) is 17.8 Å². The molecule has 1 aliphatic heterocycles. The van der Waals surface area contributed by atoms with E-state index in [1.807, 2.05) is 67.6 Å². The van der Waals surface area contributed by atoms with Gasteiger partial charge in [0.25, 0.3) is 5.91 Å². The molecule has 4 rings (SSSR count). The van der Waals surface area contributed by atoms with E-state index in [1.165, 1.54) is 0 Å². The number of rotatable bonds is 10. The van der Waals surface area contributed by atoms with Gasteiger partial charge >= 0.3 is 0 Å². The number of carbonyl (C=O) groups excluding carboxylic acids is 2. The molecule has 0 bridgehead atoms. The van der Waals surface area contributed by atoms with Gasteiger partial charge in [-0.3, -0.25) is 9.59 Å². The Labute approximate surface area is 205 Å². The summed E-state index contributed by atoms with van der Waals surface area (Å²) in [6.45, 7) is 3.28. The van der Waals surface area contributed by atoms with E-state index in [0.717, 1.165) is 22.4 Å². The van der Waals surface area contributed by atoms with Crippen molar-refractivity contribution in [3.63, 3.8) is 0 Å². The summed E-state index contributed by atoms with van der Waals surface area (Å²) in [5, 5.41) is 3.02. The van der Waals surface area contributed by atoms with E-state index in [9.17, 15) is 9.59 Å². The Bertz CT molecular complexity index is 1190. The zero-order valence-electron chi connectivity index (χ0n) is 20.2. The minimum absolute atomic E-state index is 0.144. The highest BCUT2D eigenvalue weighted by molar-refractivity contribution is 6.04. The molecule has 2 amide bonds. The summed E-state index contributed by atoms with van der Waals surface area (Å²) in [5.41, 5.74) is 3.24. The summed E-state index contributed by atoms with van der Waals surface area (Å²) in [7, 11) is 3.19. The molecule has 3 aromatic rings. The van der Waals surface area contributed by atoms with Gasteiger partial charge in [0.05, 0.1) is 20.8 Å². The SMILES string of the molecule is CCOc1ccc(CN2C(=O)c3ccccc3[C@@H]2C(=O)NCCc2ccc(OC)c(OC)c2)cc1. The van der Waals surface area contributed by atoms with E-state index < -0.39 is 6.04 Å². The maximum Gasteiger partial charge on any atom is 0.255 e. The number of fused-ring (bicyclic) bond motifs is 1. The first-order valence-corrected chi connectivity index (χ1v) is 11.7. The Balaban J connectivity index is 1.47. The van der Waals surface area contributed by atoms with Crippen LogP contribution < -0.4 is 19.5 Å². The molecule has 1 heterocycles. The lowest BCUT2D eigenvalue weighted by atomic mass is 10.0. The molecule has 0 aromatic heterocycles. The Hall–Kier alpha value is -4.00. The molecule has 0 saturated carbocycles. The van der Waals surface area contributed by atoms with Gasteiger partial charge in [0.15, 0.2) is 11.5 Å². The second kappa shape index (κ2) is 11.0. The molecule has 7 nitrogen and oxygen atoms in total. The molecule has 0 fully saturated rings. The fourth-order valence-electron chi connectivity index (χ4n) is 4.33. The van der Waals surface area contributed by atoms with Gasteiger partial charge in [-0.25, -0.2) is 0 Å². The van der Waals surface area contributed by atoms with Gasteiger partial charge in [-0.2, -0.15) is 0 Å². The van der Waals surface area contributed by atoms with Crippen molar-refractivity contribution in [3.8, 4) is 17.2 Å². The predicted molar refractivity (Wildman–Crippen MR) is 133 cm³/mol. The molecule has 1 atom stereocenters. The molecule has 35 heavy (non-hydrogen) atoms. The van der Waals surface area contributed by atoms with Gasteiger partial charge in [0.2, 0.25) is 5.91 Å². The van der Waals surface area contributed by atoms with Crippen molar-refractivity contribution in [2.24, 2.45) is 0 Å². The maximum atomic E-state index is 13.3. The highest BCUT2D eigenvalue weighted by Crippen LogP contribution is 2.35. The number of nitrogens with one attached hydrogen (secondary N) is 1. The van der Waals surface area contributed by atoms with E-state index in [1.54, 1.807) is 25.2 Å². The molecule has 0 spiro atoms. The Kier molecular flexibility index (Phi) is 7.55. The molecule has 0 radical (unpaired) electrons. The fourth-order valence-corrected chi connectivity index (χ4v) is 4.33. The second-order valence-corrected chi connectivity index (χ2v) is 8.23. The topological polar surface area (TPSA) is 77.1 Å². The molecule has 0 saturated heterocycles. The van der Waals surface area contributed by atoms with E-state index in [4.69, 9.17) is 14.2 Å². The van der Waals surface area contributed by atoms with Gasteiger partial charge < -0.3 is 24.4 Å². The number of ether oxygens (including phenoxy) is 3. The van der Waals surface area contributed by atoms with E-state index in [0.29, 0.717) is 43.2 Å². The molecule has 1 N–H and O–H groups in total. The van der Waals surface area contributed by atoms with Gasteiger partial charge in [-0.05, 0) is 60.4 Å². The van der Waals surface area contributed by atoms with Crippen molar-refractivity contribution in [2.45, 2.75) is 25.9 Å². The molecule has 3 aromatic carbocycles. The van der Waals surface area contributed by atoms with Crippen LogP contribution in [0.2, 0.25) is 0 Å². The van der Waals surface area contributed by atoms with E-state index in [-0.39, 0.29) is 11.8 Å². The lowest BCUT2D eigenvalue weighted by Crippen LogP contribution is -2.39. The lowest BCUT2D eigenvalue weighted by Gasteiger charge is -2.25. The summed E-state index contributed by atoms with van der Waals surface area (Å²) in [5.74, 6) is 1.74. The van der Waals surface area contributed by atoms with Crippen LogP contribution in [-0.4, -0.2) is 44.1 Å². The van der Waals surface area contributed by atoms with Crippen LogP contribution in [0.4, 0.5) is 0 Å².